The number of anilines is 1. The molecule has 0 aliphatic carbocycles. The van der Waals surface area contributed by atoms with E-state index in [1.54, 1.807) is 0 Å². The van der Waals surface area contributed by atoms with Crippen molar-refractivity contribution in [1.29, 1.82) is 0 Å². The smallest absolute Gasteiger partial charge is 0.244 e. The van der Waals surface area contributed by atoms with Gasteiger partial charge in [-0.3, -0.25) is 4.79 Å². The number of rotatable bonds is 6. The minimum absolute atomic E-state index is 0.122. The Kier molecular flexibility index (Phi) is 5.90. The van der Waals surface area contributed by atoms with E-state index in [0.29, 0.717) is 16.9 Å². The van der Waals surface area contributed by atoms with Gasteiger partial charge in [-0.05, 0) is 27.9 Å². The first kappa shape index (κ1) is 16.9. The van der Waals surface area contributed by atoms with E-state index in [-0.39, 0.29) is 17.3 Å². The average Bonchev–Trinajstić information content (AvgIpc) is 2.36. The van der Waals surface area contributed by atoms with E-state index < -0.39 is 15.9 Å². The van der Waals surface area contributed by atoms with Crippen LogP contribution in [0.2, 0.25) is 0 Å². The lowest BCUT2D eigenvalue weighted by atomic mass is 10.2. The summed E-state index contributed by atoms with van der Waals surface area (Å²) in [6.45, 7) is 4.03. The predicted octanol–water partition coefficient (Wildman–Crippen LogP) is 0.477. The number of aromatic nitrogens is 1. The molecule has 1 aromatic heterocycles. The predicted molar refractivity (Wildman–Crippen MR) is 79.4 cm³/mol. The molecule has 0 aliphatic heterocycles. The van der Waals surface area contributed by atoms with Crippen LogP contribution >= 0.6 is 15.9 Å². The maximum Gasteiger partial charge on any atom is 0.244 e. The molecule has 4 N–H and O–H groups in total. The lowest BCUT2D eigenvalue weighted by Gasteiger charge is -2.10. The van der Waals surface area contributed by atoms with Gasteiger partial charge in [-0.25, -0.2) is 18.1 Å². The monoisotopic (exact) mass is 364 g/mol. The third-order valence-electron chi connectivity index (χ3n) is 2.27. The maximum absolute atomic E-state index is 12.0. The molecule has 0 saturated heterocycles. The largest absolute Gasteiger partial charge is 0.383 e. The van der Waals surface area contributed by atoms with Crippen molar-refractivity contribution in [2.24, 2.45) is 5.92 Å². The van der Waals surface area contributed by atoms with E-state index in [1.165, 1.54) is 12.3 Å². The standard InChI is InChI=1S/C11H17BrN4O3S/c1-7(2)4-14-10(17)6-16-20(18,19)9-3-8(12)5-15-11(9)13/h3,5,7,16H,4,6H2,1-2H3,(H2,13,15)(H,14,17). The van der Waals surface area contributed by atoms with Gasteiger partial charge in [0, 0.05) is 17.2 Å². The highest BCUT2D eigenvalue weighted by atomic mass is 79.9. The number of carbonyl (C=O) groups is 1. The van der Waals surface area contributed by atoms with E-state index >= 15 is 0 Å². The van der Waals surface area contributed by atoms with Crippen LogP contribution in [0, 0.1) is 5.92 Å². The zero-order valence-corrected chi connectivity index (χ0v) is 13.6. The highest BCUT2D eigenvalue weighted by molar-refractivity contribution is 9.10. The first-order valence-corrected chi connectivity index (χ1v) is 8.17. The molecule has 0 saturated carbocycles. The number of sulfonamides is 1. The summed E-state index contributed by atoms with van der Waals surface area (Å²) in [6.07, 6.45) is 1.39. The number of hydrogen-bond donors (Lipinski definition) is 3. The summed E-state index contributed by atoms with van der Waals surface area (Å²) in [5.74, 6) is -0.229. The molecule has 1 amide bonds. The third kappa shape index (κ3) is 5.06. The fourth-order valence-corrected chi connectivity index (χ4v) is 2.83. The second kappa shape index (κ2) is 7.00. The minimum Gasteiger partial charge on any atom is -0.383 e. The van der Waals surface area contributed by atoms with E-state index in [1.807, 2.05) is 13.8 Å². The fourth-order valence-electron chi connectivity index (χ4n) is 1.27. The number of nitrogens with two attached hydrogens (primary N) is 1. The van der Waals surface area contributed by atoms with Crippen LogP contribution in [0.3, 0.4) is 0 Å². The molecular formula is C11H17BrN4O3S. The van der Waals surface area contributed by atoms with Crippen molar-refractivity contribution in [2.75, 3.05) is 18.8 Å². The van der Waals surface area contributed by atoms with E-state index in [9.17, 15) is 13.2 Å². The van der Waals surface area contributed by atoms with Crippen LogP contribution in [0.15, 0.2) is 21.6 Å². The molecule has 1 rings (SSSR count). The Morgan fingerprint density at radius 2 is 2.15 bits per heavy atom. The second-order valence-corrected chi connectivity index (χ2v) is 7.21. The summed E-state index contributed by atoms with van der Waals surface area (Å²) in [5, 5.41) is 2.61. The SMILES string of the molecule is CC(C)CNC(=O)CNS(=O)(=O)c1cc(Br)cnc1N. The van der Waals surface area contributed by atoms with E-state index in [2.05, 4.69) is 31.0 Å². The molecule has 0 atom stereocenters. The molecule has 0 bridgehead atoms. The van der Waals surface area contributed by atoms with Crippen molar-refractivity contribution >= 4 is 37.7 Å². The number of nitrogens with one attached hydrogen (secondary N) is 2. The Morgan fingerprint density at radius 1 is 1.50 bits per heavy atom. The fraction of sp³-hybridized carbons (Fsp3) is 0.455. The zero-order valence-electron chi connectivity index (χ0n) is 11.2. The topological polar surface area (TPSA) is 114 Å². The van der Waals surface area contributed by atoms with Gasteiger partial charge in [-0.1, -0.05) is 13.8 Å². The Bertz CT molecular complexity index is 589. The maximum atomic E-state index is 12.0. The zero-order chi connectivity index (χ0) is 15.3. The first-order chi connectivity index (χ1) is 9.22. The van der Waals surface area contributed by atoms with Crippen molar-refractivity contribution in [3.05, 3.63) is 16.7 Å². The van der Waals surface area contributed by atoms with Crippen LogP contribution in [0.4, 0.5) is 5.82 Å². The summed E-state index contributed by atoms with van der Waals surface area (Å²) in [6, 6.07) is 1.33. The van der Waals surface area contributed by atoms with Gasteiger partial charge in [0.25, 0.3) is 0 Å². The summed E-state index contributed by atoms with van der Waals surface area (Å²) >= 11 is 3.12. The van der Waals surface area contributed by atoms with Crippen LogP contribution < -0.4 is 15.8 Å². The van der Waals surface area contributed by atoms with Gasteiger partial charge < -0.3 is 11.1 Å². The summed E-state index contributed by atoms with van der Waals surface area (Å²) in [7, 11) is -3.88. The Hall–Kier alpha value is -1.19. The molecule has 0 aromatic carbocycles. The lowest BCUT2D eigenvalue weighted by Crippen LogP contribution is -2.38. The van der Waals surface area contributed by atoms with Gasteiger partial charge in [-0.2, -0.15) is 0 Å². The van der Waals surface area contributed by atoms with E-state index in [0.717, 1.165) is 0 Å². The molecule has 112 valence electrons. The number of amides is 1. The Balaban J connectivity index is 2.71. The molecule has 0 unspecified atom stereocenters. The second-order valence-electron chi connectivity index (χ2n) is 4.56. The molecule has 0 radical (unpaired) electrons. The van der Waals surface area contributed by atoms with Crippen molar-refractivity contribution in [1.82, 2.24) is 15.0 Å². The van der Waals surface area contributed by atoms with Crippen LogP contribution in [0.5, 0.6) is 0 Å². The molecule has 7 nitrogen and oxygen atoms in total. The molecule has 1 heterocycles. The molecule has 9 heteroatoms. The molecule has 1 aromatic rings. The van der Waals surface area contributed by atoms with E-state index in [4.69, 9.17) is 5.73 Å². The summed E-state index contributed by atoms with van der Waals surface area (Å²) in [4.78, 5) is 15.1. The van der Waals surface area contributed by atoms with Crippen LogP contribution in [0.25, 0.3) is 0 Å². The number of nitrogen functional groups attached to an aromatic ring is 1. The quantitative estimate of drug-likeness (QED) is 0.678. The van der Waals surface area contributed by atoms with Gasteiger partial charge in [0.1, 0.15) is 10.7 Å². The van der Waals surface area contributed by atoms with Crippen molar-refractivity contribution in [3.8, 4) is 0 Å². The van der Waals surface area contributed by atoms with Crippen molar-refractivity contribution < 1.29 is 13.2 Å². The summed E-state index contributed by atoms with van der Waals surface area (Å²) in [5.41, 5.74) is 5.53. The van der Waals surface area contributed by atoms with Crippen LogP contribution in [-0.2, 0) is 14.8 Å². The van der Waals surface area contributed by atoms with Gasteiger partial charge in [0.2, 0.25) is 15.9 Å². The van der Waals surface area contributed by atoms with Crippen LogP contribution in [-0.4, -0.2) is 32.4 Å². The Morgan fingerprint density at radius 3 is 2.75 bits per heavy atom. The third-order valence-corrected chi connectivity index (χ3v) is 4.13. The lowest BCUT2D eigenvalue weighted by molar-refractivity contribution is -0.120. The molecule has 20 heavy (non-hydrogen) atoms. The minimum atomic E-state index is -3.88. The number of pyridine rings is 1. The van der Waals surface area contributed by atoms with Crippen LogP contribution in [0.1, 0.15) is 13.8 Å². The summed E-state index contributed by atoms with van der Waals surface area (Å²) < 4.78 is 26.7. The first-order valence-electron chi connectivity index (χ1n) is 5.89. The average molecular weight is 365 g/mol. The van der Waals surface area contributed by atoms with Gasteiger partial charge in [0.15, 0.2) is 0 Å². The Labute approximate surface area is 126 Å². The van der Waals surface area contributed by atoms with Crippen molar-refractivity contribution in [2.45, 2.75) is 18.7 Å². The van der Waals surface area contributed by atoms with Crippen molar-refractivity contribution in [3.63, 3.8) is 0 Å². The van der Waals surface area contributed by atoms with Gasteiger partial charge in [0.05, 0.1) is 6.54 Å². The molecule has 0 aliphatic rings. The highest BCUT2D eigenvalue weighted by Gasteiger charge is 2.19. The molecule has 0 spiro atoms. The molecule has 0 fully saturated rings. The van der Waals surface area contributed by atoms with Gasteiger partial charge >= 0.3 is 0 Å². The highest BCUT2D eigenvalue weighted by Crippen LogP contribution is 2.19. The number of carbonyl (C=O) groups excluding carboxylic acids is 1. The molecular weight excluding hydrogens is 348 g/mol. The normalized spacial score (nSPS) is 11.6. The number of nitrogens with zero attached hydrogens (tertiary/aromatic N) is 1. The number of hydrogen-bond acceptors (Lipinski definition) is 5. The van der Waals surface area contributed by atoms with Gasteiger partial charge in [-0.15, -0.1) is 0 Å². The number of halogens is 1.